The fourth-order valence-electron chi connectivity index (χ4n) is 5.88. The van der Waals surface area contributed by atoms with Crippen LogP contribution in [0, 0.1) is 5.92 Å². The van der Waals surface area contributed by atoms with Crippen LogP contribution < -0.4 is 10.6 Å². The third kappa shape index (κ3) is 4.06. The predicted molar refractivity (Wildman–Crippen MR) is 125 cm³/mol. The van der Waals surface area contributed by atoms with Crippen LogP contribution in [0.4, 0.5) is 10.5 Å². The SMILES string of the molecule is CN(C)CC1CCN(Cc2cc3cc(Cl)c4c(c3o2)C2(CCCCC2)NC(=O)N4)CC1. The largest absolute Gasteiger partial charge is 0.459 e. The van der Waals surface area contributed by atoms with E-state index < -0.39 is 0 Å². The molecule has 0 atom stereocenters. The van der Waals surface area contributed by atoms with Crippen LogP contribution >= 0.6 is 11.6 Å². The highest BCUT2D eigenvalue weighted by atomic mass is 35.5. The van der Waals surface area contributed by atoms with Gasteiger partial charge in [-0.05, 0) is 70.9 Å². The molecule has 1 aromatic heterocycles. The molecule has 2 amide bonds. The number of benzene rings is 1. The van der Waals surface area contributed by atoms with Gasteiger partial charge >= 0.3 is 6.03 Å². The maximum absolute atomic E-state index is 12.4. The smallest absolute Gasteiger partial charge is 0.319 e. The molecule has 1 aliphatic carbocycles. The fraction of sp³-hybridized carbons (Fsp3) is 0.625. The molecule has 2 aromatic rings. The third-order valence-corrected chi connectivity index (χ3v) is 7.59. The fourth-order valence-corrected chi connectivity index (χ4v) is 6.14. The second-order valence-electron chi connectivity index (χ2n) is 9.94. The summed E-state index contributed by atoms with van der Waals surface area (Å²) in [6, 6.07) is 3.91. The molecule has 7 heteroatoms. The number of halogens is 1. The molecule has 0 bridgehead atoms. The Morgan fingerprint density at radius 2 is 1.94 bits per heavy atom. The number of carbonyl (C=O) groups excluding carboxylic acids is 1. The van der Waals surface area contributed by atoms with Crippen LogP contribution in [-0.2, 0) is 12.1 Å². The number of carbonyl (C=O) groups is 1. The van der Waals surface area contributed by atoms with E-state index in [4.69, 9.17) is 16.0 Å². The Balaban J connectivity index is 1.43. The average molecular weight is 445 g/mol. The summed E-state index contributed by atoms with van der Waals surface area (Å²) in [4.78, 5) is 17.2. The number of nitrogens with zero attached hydrogens (tertiary/aromatic N) is 2. The number of likely N-dealkylation sites (tertiary alicyclic amines) is 1. The van der Waals surface area contributed by atoms with Gasteiger partial charge < -0.3 is 20.0 Å². The van der Waals surface area contributed by atoms with Gasteiger partial charge in [0, 0.05) is 17.5 Å². The van der Waals surface area contributed by atoms with E-state index >= 15 is 0 Å². The summed E-state index contributed by atoms with van der Waals surface area (Å²) in [5.74, 6) is 1.77. The monoisotopic (exact) mass is 444 g/mol. The molecule has 2 fully saturated rings. The maximum atomic E-state index is 12.4. The molecule has 2 N–H and O–H groups in total. The lowest BCUT2D eigenvalue weighted by molar-refractivity contribution is 0.149. The highest BCUT2D eigenvalue weighted by Crippen LogP contribution is 2.49. The van der Waals surface area contributed by atoms with Crippen LogP contribution in [0.1, 0.15) is 56.3 Å². The Bertz CT molecular complexity index is 972. The molecule has 1 aromatic carbocycles. The predicted octanol–water partition coefficient (Wildman–Crippen LogP) is 5.15. The topological polar surface area (TPSA) is 60.8 Å². The maximum Gasteiger partial charge on any atom is 0.319 e. The Morgan fingerprint density at radius 3 is 2.65 bits per heavy atom. The van der Waals surface area contributed by atoms with Crippen molar-refractivity contribution < 1.29 is 9.21 Å². The normalized spacial score (nSPS) is 22.0. The van der Waals surface area contributed by atoms with Crippen LogP contribution in [0.3, 0.4) is 0 Å². The molecule has 1 saturated heterocycles. The van der Waals surface area contributed by atoms with Gasteiger partial charge in [-0.15, -0.1) is 0 Å². The molecule has 5 rings (SSSR count). The minimum absolute atomic E-state index is 0.164. The third-order valence-electron chi connectivity index (χ3n) is 7.30. The van der Waals surface area contributed by atoms with Crippen molar-refractivity contribution in [3.8, 4) is 0 Å². The van der Waals surface area contributed by atoms with E-state index in [1.165, 1.54) is 25.8 Å². The van der Waals surface area contributed by atoms with Crippen molar-refractivity contribution in [2.24, 2.45) is 5.92 Å². The summed E-state index contributed by atoms with van der Waals surface area (Å²) < 4.78 is 6.48. The van der Waals surface area contributed by atoms with E-state index in [0.29, 0.717) is 5.02 Å². The molecule has 0 radical (unpaired) electrons. The van der Waals surface area contributed by atoms with Gasteiger partial charge in [0.2, 0.25) is 0 Å². The van der Waals surface area contributed by atoms with Crippen molar-refractivity contribution in [2.75, 3.05) is 39.0 Å². The van der Waals surface area contributed by atoms with Gasteiger partial charge in [-0.3, -0.25) is 4.90 Å². The Labute approximate surface area is 189 Å². The summed E-state index contributed by atoms with van der Waals surface area (Å²) in [6.07, 6.45) is 7.73. The van der Waals surface area contributed by atoms with Crippen molar-refractivity contribution >= 4 is 34.3 Å². The van der Waals surface area contributed by atoms with Gasteiger partial charge in [0.25, 0.3) is 0 Å². The zero-order chi connectivity index (χ0) is 21.6. The first-order chi connectivity index (χ1) is 14.9. The van der Waals surface area contributed by atoms with Crippen LogP contribution in [0.2, 0.25) is 5.02 Å². The molecule has 3 heterocycles. The summed E-state index contributed by atoms with van der Waals surface area (Å²) in [5.41, 5.74) is 2.28. The lowest BCUT2D eigenvalue weighted by atomic mass is 9.74. The van der Waals surface area contributed by atoms with Gasteiger partial charge in [-0.2, -0.15) is 0 Å². The van der Waals surface area contributed by atoms with Gasteiger partial charge in [0.05, 0.1) is 22.8 Å². The van der Waals surface area contributed by atoms with Crippen molar-refractivity contribution in [1.29, 1.82) is 0 Å². The number of furan rings is 1. The molecular weight excluding hydrogens is 412 g/mol. The number of fused-ring (bicyclic) bond motifs is 4. The van der Waals surface area contributed by atoms with Crippen LogP contribution in [0.15, 0.2) is 16.5 Å². The number of amides is 2. The van der Waals surface area contributed by atoms with Crippen molar-refractivity contribution in [1.82, 2.24) is 15.1 Å². The van der Waals surface area contributed by atoms with Crippen molar-refractivity contribution in [2.45, 2.75) is 57.0 Å². The zero-order valence-corrected chi connectivity index (χ0v) is 19.4. The number of piperidine rings is 1. The summed E-state index contributed by atoms with van der Waals surface area (Å²) >= 11 is 6.65. The van der Waals surface area contributed by atoms with Crippen LogP contribution in [0.25, 0.3) is 11.0 Å². The van der Waals surface area contributed by atoms with E-state index in [-0.39, 0.29) is 11.6 Å². The molecule has 168 valence electrons. The molecule has 6 nitrogen and oxygen atoms in total. The molecule has 31 heavy (non-hydrogen) atoms. The number of hydrogen-bond donors (Lipinski definition) is 2. The van der Waals surface area contributed by atoms with E-state index in [9.17, 15) is 4.79 Å². The van der Waals surface area contributed by atoms with E-state index in [1.807, 2.05) is 6.07 Å². The number of hydrogen-bond acceptors (Lipinski definition) is 4. The second-order valence-corrected chi connectivity index (χ2v) is 10.4. The van der Waals surface area contributed by atoms with Gasteiger partial charge in [0.15, 0.2) is 0 Å². The number of nitrogens with one attached hydrogen (secondary N) is 2. The minimum Gasteiger partial charge on any atom is -0.459 e. The molecule has 3 aliphatic rings. The molecular formula is C24H33ClN4O2. The number of rotatable bonds is 4. The van der Waals surface area contributed by atoms with Gasteiger partial charge in [0.1, 0.15) is 11.3 Å². The van der Waals surface area contributed by atoms with Crippen LogP contribution in [-0.4, -0.2) is 49.6 Å². The standard InChI is InChI=1S/C24H33ClN4O2/c1-28(2)14-16-6-10-29(11-7-16)15-18-12-17-13-19(25)21-20(22(17)31-18)24(27-23(30)26-21)8-4-3-5-9-24/h12-13,16H,3-11,14-15H2,1-2H3,(H2,26,27,30). The summed E-state index contributed by atoms with van der Waals surface area (Å²) in [5, 5.41) is 7.81. The van der Waals surface area contributed by atoms with E-state index in [2.05, 4.69) is 40.6 Å². The first-order valence-corrected chi connectivity index (χ1v) is 12.0. The Morgan fingerprint density at radius 1 is 1.19 bits per heavy atom. The van der Waals surface area contributed by atoms with Gasteiger partial charge in [-0.25, -0.2) is 4.79 Å². The highest BCUT2D eigenvalue weighted by Gasteiger charge is 2.43. The molecule has 2 aliphatic heterocycles. The molecule has 1 saturated carbocycles. The lowest BCUT2D eigenvalue weighted by Gasteiger charge is -2.42. The first kappa shape index (κ1) is 21.1. The van der Waals surface area contributed by atoms with Gasteiger partial charge in [-0.1, -0.05) is 30.9 Å². The van der Waals surface area contributed by atoms with E-state index in [1.54, 1.807) is 0 Å². The van der Waals surface area contributed by atoms with Crippen molar-refractivity contribution in [3.05, 3.63) is 28.5 Å². The first-order valence-electron chi connectivity index (χ1n) is 11.7. The Hall–Kier alpha value is -1.76. The molecule has 0 unspecified atom stereocenters. The highest BCUT2D eigenvalue weighted by molar-refractivity contribution is 6.35. The number of urea groups is 1. The quantitative estimate of drug-likeness (QED) is 0.684. The van der Waals surface area contributed by atoms with Crippen molar-refractivity contribution in [3.63, 3.8) is 0 Å². The lowest BCUT2D eigenvalue weighted by Crippen LogP contribution is -2.52. The number of anilines is 1. The Kier molecular flexibility index (Phi) is 5.65. The summed E-state index contributed by atoms with van der Waals surface area (Å²) in [6.45, 7) is 4.21. The minimum atomic E-state index is -0.376. The second kappa shape index (κ2) is 8.30. The van der Waals surface area contributed by atoms with E-state index in [0.717, 1.165) is 79.2 Å². The summed E-state index contributed by atoms with van der Waals surface area (Å²) in [7, 11) is 4.31. The zero-order valence-electron chi connectivity index (χ0n) is 18.6. The van der Waals surface area contributed by atoms with Crippen LogP contribution in [0.5, 0.6) is 0 Å². The average Bonchev–Trinajstić information content (AvgIpc) is 3.11. The molecule has 1 spiro atoms.